The van der Waals surface area contributed by atoms with E-state index < -0.39 is 0 Å². The van der Waals surface area contributed by atoms with Crippen molar-refractivity contribution in [2.24, 2.45) is 5.92 Å². The molecule has 1 aromatic rings. The van der Waals surface area contributed by atoms with Crippen LogP contribution < -0.4 is 4.74 Å². The highest BCUT2D eigenvalue weighted by Crippen LogP contribution is 2.35. The van der Waals surface area contributed by atoms with Crippen LogP contribution in [0.1, 0.15) is 55.9 Å². The zero-order valence-corrected chi connectivity index (χ0v) is 13.3. The van der Waals surface area contributed by atoms with E-state index in [1.165, 1.54) is 22.3 Å². The first-order valence-electron chi connectivity index (χ1n) is 7.09. The van der Waals surface area contributed by atoms with Gasteiger partial charge in [-0.15, -0.1) is 5.92 Å². The van der Waals surface area contributed by atoms with E-state index >= 15 is 0 Å². The van der Waals surface area contributed by atoms with Gasteiger partial charge in [0.05, 0.1) is 6.61 Å². The van der Waals surface area contributed by atoms with Crippen molar-refractivity contribution in [2.75, 3.05) is 6.61 Å². The summed E-state index contributed by atoms with van der Waals surface area (Å²) in [6, 6.07) is 2.17. The smallest absolute Gasteiger partial charge is 0.122 e. The van der Waals surface area contributed by atoms with Crippen LogP contribution in [0, 0.1) is 38.5 Å². The molecule has 0 spiro atoms. The summed E-state index contributed by atoms with van der Waals surface area (Å²) >= 11 is 0. The van der Waals surface area contributed by atoms with Gasteiger partial charge in [-0.05, 0) is 68.9 Å². The van der Waals surface area contributed by atoms with Crippen molar-refractivity contribution in [1.29, 1.82) is 0 Å². The molecule has 1 aromatic carbocycles. The summed E-state index contributed by atoms with van der Waals surface area (Å²) in [5, 5.41) is 0. The Labute approximate surface area is 118 Å². The molecular weight excluding hydrogens is 232 g/mol. The molecule has 104 valence electrons. The van der Waals surface area contributed by atoms with E-state index in [9.17, 15) is 0 Å². The van der Waals surface area contributed by atoms with Crippen molar-refractivity contribution < 1.29 is 4.74 Å². The summed E-state index contributed by atoms with van der Waals surface area (Å²) in [4.78, 5) is 0. The molecule has 0 bridgehead atoms. The molecule has 2 unspecified atom stereocenters. The van der Waals surface area contributed by atoms with Crippen molar-refractivity contribution >= 4 is 0 Å². The summed E-state index contributed by atoms with van der Waals surface area (Å²) in [6.07, 6.45) is 0. The fourth-order valence-electron chi connectivity index (χ4n) is 2.67. The molecule has 0 aliphatic rings. The van der Waals surface area contributed by atoms with Gasteiger partial charge in [0.15, 0.2) is 0 Å². The van der Waals surface area contributed by atoms with Crippen molar-refractivity contribution in [3.05, 3.63) is 28.3 Å². The molecule has 1 rings (SSSR count). The molecule has 2 atom stereocenters. The summed E-state index contributed by atoms with van der Waals surface area (Å²) in [6.45, 7) is 15.6. The average Bonchev–Trinajstić information content (AvgIpc) is 2.36. The normalized spacial score (nSPS) is 13.4. The highest BCUT2D eigenvalue weighted by atomic mass is 16.5. The summed E-state index contributed by atoms with van der Waals surface area (Å²) in [5.41, 5.74) is 5.34. The van der Waals surface area contributed by atoms with E-state index in [2.05, 4.69) is 52.5 Å². The highest BCUT2D eigenvalue weighted by molar-refractivity contribution is 5.50. The maximum atomic E-state index is 5.71. The fourth-order valence-corrected chi connectivity index (χ4v) is 2.67. The van der Waals surface area contributed by atoms with Gasteiger partial charge in [0.25, 0.3) is 0 Å². The second kappa shape index (κ2) is 6.66. The van der Waals surface area contributed by atoms with Gasteiger partial charge >= 0.3 is 0 Å². The number of hydrogen-bond donors (Lipinski definition) is 0. The van der Waals surface area contributed by atoms with Crippen LogP contribution in [0.4, 0.5) is 0 Å². The standard InChI is InChI=1S/C18H26O/c1-8-10-12(3)14(5)18-13(4)11-17(19-9-2)15(6)16(18)7/h11-12,14H,9H2,1-7H3. The first-order valence-corrected chi connectivity index (χ1v) is 7.09. The Morgan fingerprint density at radius 2 is 1.79 bits per heavy atom. The Morgan fingerprint density at radius 3 is 2.32 bits per heavy atom. The van der Waals surface area contributed by atoms with Crippen molar-refractivity contribution in [3.63, 3.8) is 0 Å². The molecule has 0 heterocycles. The second-order valence-electron chi connectivity index (χ2n) is 5.26. The molecule has 0 aliphatic carbocycles. The second-order valence-corrected chi connectivity index (χ2v) is 5.26. The minimum absolute atomic E-state index is 0.375. The highest BCUT2D eigenvalue weighted by Gasteiger charge is 2.19. The molecule has 0 saturated heterocycles. The third-order valence-electron chi connectivity index (χ3n) is 3.99. The van der Waals surface area contributed by atoms with Crippen molar-refractivity contribution in [2.45, 2.75) is 54.4 Å². The summed E-state index contributed by atoms with van der Waals surface area (Å²) in [7, 11) is 0. The average molecular weight is 258 g/mol. The number of benzene rings is 1. The van der Waals surface area contributed by atoms with Gasteiger partial charge in [-0.1, -0.05) is 19.8 Å². The summed E-state index contributed by atoms with van der Waals surface area (Å²) in [5.74, 6) is 8.14. The molecule has 0 N–H and O–H groups in total. The third kappa shape index (κ3) is 3.32. The van der Waals surface area contributed by atoms with E-state index in [4.69, 9.17) is 4.74 Å². The van der Waals surface area contributed by atoms with Gasteiger partial charge in [0, 0.05) is 5.92 Å². The molecule has 0 aliphatic heterocycles. The number of rotatable bonds is 4. The molecule has 0 saturated carbocycles. The van der Waals surface area contributed by atoms with Gasteiger partial charge in [-0.2, -0.15) is 0 Å². The Bertz CT molecular complexity index is 503. The number of aryl methyl sites for hydroxylation is 1. The van der Waals surface area contributed by atoms with Gasteiger partial charge in [0.1, 0.15) is 5.75 Å². The van der Waals surface area contributed by atoms with Crippen LogP contribution in [-0.2, 0) is 0 Å². The SMILES string of the molecule is CC#CC(C)C(C)c1c(C)cc(OCC)c(C)c1C. The lowest BCUT2D eigenvalue weighted by Gasteiger charge is -2.23. The maximum Gasteiger partial charge on any atom is 0.122 e. The Balaban J connectivity index is 3.28. The summed E-state index contributed by atoms with van der Waals surface area (Å²) < 4.78 is 5.71. The topological polar surface area (TPSA) is 9.23 Å². The molecule has 0 fully saturated rings. The molecule has 0 amide bonds. The van der Waals surface area contributed by atoms with E-state index in [0.717, 1.165) is 5.75 Å². The predicted octanol–water partition coefficient (Wildman–Crippen LogP) is 4.77. The molecule has 1 heteroatoms. The van der Waals surface area contributed by atoms with Crippen LogP contribution >= 0.6 is 0 Å². The van der Waals surface area contributed by atoms with Crippen LogP contribution in [0.2, 0.25) is 0 Å². The van der Waals surface area contributed by atoms with Crippen molar-refractivity contribution in [3.8, 4) is 17.6 Å². The zero-order chi connectivity index (χ0) is 14.6. The van der Waals surface area contributed by atoms with Crippen LogP contribution in [0.25, 0.3) is 0 Å². The van der Waals surface area contributed by atoms with Gasteiger partial charge < -0.3 is 4.74 Å². The van der Waals surface area contributed by atoms with E-state index in [0.29, 0.717) is 18.4 Å². The Kier molecular flexibility index (Phi) is 5.48. The molecule has 0 radical (unpaired) electrons. The fraction of sp³-hybridized carbons (Fsp3) is 0.556. The number of hydrogen-bond acceptors (Lipinski definition) is 1. The molecule has 0 aromatic heterocycles. The van der Waals surface area contributed by atoms with E-state index in [-0.39, 0.29) is 0 Å². The monoisotopic (exact) mass is 258 g/mol. The quantitative estimate of drug-likeness (QED) is 0.707. The first-order chi connectivity index (χ1) is 8.93. The third-order valence-corrected chi connectivity index (χ3v) is 3.99. The number of ether oxygens (including phenoxy) is 1. The van der Waals surface area contributed by atoms with Crippen LogP contribution in [-0.4, -0.2) is 6.61 Å². The lowest BCUT2D eigenvalue weighted by molar-refractivity contribution is 0.337. The largest absolute Gasteiger partial charge is 0.494 e. The Hall–Kier alpha value is -1.42. The van der Waals surface area contributed by atoms with Crippen LogP contribution in [0.15, 0.2) is 6.07 Å². The van der Waals surface area contributed by atoms with E-state index in [1.807, 2.05) is 13.8 Å². The molecular formula is C18H26O. The van der Waals surface area contributed by atoms with Crippen LogP contribution in [0.3, 0.4) is 0 Å². The predicted molar refractivity (Wildman–Crippen MR) is 82.9 cm³/mol. The van der Waals surface area contributed by atoms with Gasteiger partial charge in [-0.3, -0.25) is 0 Å². The lowest BCUT2D eigenvalue weighted by Crippen LogP contribution is -2.10. The lowest BCUT2D eigenvalue weighted by atomic mass is 9.82. The first kappa shape index (κ1) is 15.6. The molecule has 1 nitrogen and oxygen atoms in total. The Morgan fingerprint density at radius 1 is 1.16 bits per heavy atom. The minimum atomic E-state index is 0.375. The van der Waals surface area contributed by atoms with Crippen LogP contribution in [0.5, 0.6) is 5.75 Å². The zero-order valence-electron chi connectivity index (χ0n) is 13.3. The van der Waals surface area contributed by atoms with E-state index in [1.54, 1.807) is 0 Å². The van der Waals surface area contributed by atoms with Gasteiger partial charge in [-0.25, -0.2) is 0 Å². The van der Waals surface area contributed by atoms with Gasteiger partial charge in [0.2, 0.25) is 0 Å². The minimum Gasteiger partial charge on any atom is -0.494 e. The van der Waals surface area contributed by atoms with Crippen molar-refractivity contribution in [1.82, 2.24) is 0 Å². The molecule has 19 heavy (non-hydrogen) atoms. The maximum absolute atomic E-state index is 5.71.